The van der Waals surface area contributed by atoms with Crippen molar-refractivity contribution < 1.29 is 23.6 Å². The smallest absolute Gasteiger partial charge is 0.254 e. The zero-order valence-electron chi connectivity index (χ0n) is 19.8. The minimum absolute atomic E-state index is 0.0403. The van der Waals surface area contributed by atoms with Crippen LogP contribution in [0.5, 0.6) is 11.5 Å². The Labute approximate surface area is 202 Å². The number of fused-ring (bicyclic) bond motifs is 1. The lowest BCUT2D eigenvalue weighted by Gasteiger charge is -2.31. The van der Waals surface area contributed by atoms with Gasteiger partial charge in [0.2, 0.25) is 17.6 Å². The molecule has 0 unspecified atom stereocenters. The van der Waals surface area contributed by atoms with Crippen LogP contribution in [0.1, 0.15) is 47.5 Å². The maximum Gasteiger partial charge on any atom is 0.254 e. The van der Waals surface area contributed by atoms with Crippen LogP contribution in [0.4, 0.5) is 0 Å². The maximum absolute atomic E-state index is 12.9. The van der Waals surface area contributed by atoms with Gasteiger partial charge in [-0.3, -0.25) is 9.59 Å². The Morgan fingerprint density at radius 3 is 2.74 bits per heavy atom. The fourth-order valence-corrected chi connectivity index (χ4v) is 4.56. The molecule has 0 radical (unpaired) electrons. The summed E-state index contributed by atoms with van der Waals surface area (Å²) in [6, 6.07) is 9.22. The third-order valence-corrected chi connectivity index (χ3v) is 6.44. The summed E-state index contributed by atoms with van der Waals surface area (Å²) >= 11 is 0. The average molecular weight is 478 g/mol. The van der Waals surface area contributed by atoms with E-state index in [1.54, 1.807) is 24.3 Å². The van der Waals surface area contributed by atoms with Gasteiger partial charge in [-0.2, -0.15) is 4.98 Å². The van der Waals surface area contributed by atoms with Crippen molar-refractivity contribution in [2.75, 3.05) is 33.4 Å². The van der Waals surface area contributed by atoms with E-state index in [-0.39, 0.29) is 24.3 Å². The number of amides is 2. The molecule has 2 aromatic heterocycles. The Morgan fingerprint density at radius 2 is 2.00 bits per heavy atom. The lowest BCUT2D eigenvalue weighted by molar-refractivity contribution is -0.133. The Morgan fingerprint density at radius 1 is 1.20 bits per heavy atom. The summed E-state index contributed by atoms with van der Waals surface area (Å²) < 4.78 is 16.4. The van der Waals surface area contributed by atoms with Crippen LogP contribution in [0.15, 0.2) is 41.1 Å². The first-order chi connectivity index (χ1) is 17.1. The van der Waals surface area contributed by atoms with Crippen LogP contribution in [0.3, 0.4) is 0 Å². The van der Waals surface area contributed by atoms with Gasteiger partial charge in [0.05, 0.1) is 19.9 Å². The van der Waals surface area contributed by atoms with Gasteiger partial charge in [0.15, 0.2) is 11.5 Å². The molecular weight excluding hydrogens is 450 g/mol. The van der Waals surface area contributed by atoms with Crippen molar-refractivity contribution in [1.29, 1.82) is 0 Å². The van der Waals surface area contributed by atoms with Crippen molar-refractivity contribution in [1.82, 2.24) is 24.9 Å². The highest BCUT2D eigenvalue weighted by atomic mass is 16.5. The summed E-state index contributed by atoms with van der Waals surface area (Å²) in [5.41, 5.74) is 2.19. The van der Waals surface area contributed by atoms with Crippen molar-refractivity contribution in [3.05, 3.63) is 53.5 Å². The monoisotopic (exact) mass is 477 g/mol. The number of likely N-dealkylation sites (tertiary alicyclic amines) is 1. The van der Waals surface area contributed by atoms with Gasteiger partial charge in [0.1, 0.15) is 12.2 Å². The highest BCUT2D eigenvalue weighted by Crippen LogP contribution is 2.32. The van der Waals surface area contributed by atoms with E-state index in [0.29, 0.717) is 73.6 Å². The quantitative estimate of drug-likeness (QED) is 0.511. The van der Waals surface area contributed by atoms with E-state index in [1.165, 1.54) is 0 Å². The minimum atomic E-state index is -0.0817. The van der Waals surface area contributed by atoms with Crippen LogP contribution in [0.2, 0.25) is 0 Å². The number of hydrogen-bond donors (Lipinski definition) is 0. The molecule has 0 saturated carbocycles. The molecule has 0 bridgehead atoms. The van der Waals surface area contributed by atoms with Crippen molar-refractivity contribution in [3.63, 3.8) is 0 Å². The zero-order valence-corrected chi connectivity index (χ0v) is 19.8. The summed E-state index contributed by atoms with van der Waals surface area (Å²) in [6.45, 7) is 4.12. The van der Waals surface area contributed by atoms with E-state index in [9.17, 15) is 9.59 Å². The van der Waals surface area contributed by atoms with E-state index in [0.717, 1.165) is 5.56 Å². The van der Waals surface area contributed by atoms with E-state index >= 15 is 0 Å². The van der Waals surface area contributed by atoms with Crippen molar-refractivity contribution in [2.45, 2.75) is 32.2 Å². The molecule has 1 saturated heterocycles. The molecule has 10 nitrogen and oxygen atoms in total. The number of nitrogens with zero attached hydrogens (tertiary/aromatic N) is 5. The summed E-state index contributed by atoms with van der Waals surface area (Å²) in [7, 11) is 1.57. The zero-order chi connectivity index (χ0) is 24.4. The second-order valence-corrected chi connectivity index (χ2v) is 8.58. The van der Waals surface area contributed by atoms with Gasteiger partial charge in [-0.15, -0.1) is 0 Å². The number of methoxy groups -OCH3 is 1. The predicted molar refractivity (Wildman–Crippen MR) is 125 cm³/mol. The second-order valence-electron chi connectivity index (χ2n) is 8.58. The number of ether oxygens (including phenoxy) is 2. The Hall–Kier alpha value is -3.95. The molecule has 0 aliphatic carbocycles. The molecule has 10 heteroatoms. The summed E-state index contributed by atoms with van der Waals surface area (Å²) in [5.74, 6) is 1.96. The molecule has 2 aliphatic rings. The third kappa shape index (κ3) is 4.55. The van der Waals surface area contributed by atoms with Gasteiger partial charge >= 0.3 is 0 Å². The number of aromatic nitrogens is 3. The highest BCUT2D eigenvalue weighted by Gasteiger charge is 2.32. The number of carbonyl (C=O) groups is 2. The van der Waals surface area contributed by atoms with Crippen LogP contribution in [-0.2, 0) is 11.3 Å². The number of hydrogen-bond acceptors (Lipinski definition) is 8. The SMILES string of the molecule is CCOc1cnc(-c2noc(C3CCN(C(=O)CN4Cc5ccccc5C4=O)CC3)n2)cc1OC. The molecule has 4 heterocycles. The summed E-state index contributed by atoms with van der Waals surface area (Å²) in [5, 5.41) is 4.09. The number of carbonyl (C=O) groups excluding carboxylic acids is 2. The Balaban J connectivity index is 1.18. The Kier molecular flexibility index (Phi) is 6.35. The van der Waals surface area contributed by atoms with Gasteiger partial charge in [-0.1, -0.05) is 23.4 Å². The van der Waals surface area contributed by atoms with Crippen molar-refractivity contribution >= 4 is 11.8 Å². The third-order valence-electron chi connectivity index (χ3n) is 6.44. The average Bonchev–Trinajstić information content (AvgIpc) is 3.50. The molecule has 182 valence electrons. The number of piperidine rings is 1. The number of rotatable bonds is 7. The first-order valence-corrected chi connectivity index (χ1v) is 11.7. The van der Waals surface area contributed by atoms with Gasteiger partial charge in [0.25, 0.3) is 5.91 Å². The molecule has 5 rings (SSSR count). The van der Waals surface area contributed by atoms with Crippen molar-refractivity contribution in [2.24, 2.45) is 0 Å². The number of pyridine rings is 1. The highest BCUT2D eigenvalue weighted by molar-refractivity contribution is 6.00. The molecule has 0 N–H and O–H groups in total. The van der Waals surface area contributed by atoms with E-state index < -0.39 is 0 Å². The molecule has 0 atom stereocenters. The first-order valence-electron chi connectivity index (χ1n) is 11.7. The molecule has 35 heavy (non-hydrogen) atoms. The van der Waals surface area contributed by atoms with Crippen LogP contribution >= 0.6 is 0 Å². The van der Waals surface area contributed by atoms with Gasteiger partial charge in [-0.05, 0) is 31.4 Å². The van der Waals surface area contributed by atoms with Crippen LogP contribution in [-0.4, -0.2) is 70.1 Å². The second kappa shape index (κ2) is 9.73. The molecular formula is C25H27N5O5. The number of benzene rings is 1. The molecule has 1 aromatic carbocycles. The largest absolute Gasteiger partial charge is 0.493 e. The fraction of sp³-hybridized carbons (Fsp3) is 0.400. The first kappa shape index (κ1) is 22.8. The molecule has 2 aliphatic heterocycles. The van der Waals surface area contributed by atoms with Crippen molar-refractivity contribution in [3.8, 4) is 23.0 Å². The summed E-state index contributed by atoms with van der Waals surface area (Å²) in [4.78, 5) is 37.8. The molecule has 0 spiro atoms. The molecule has 2 amide bonds. The van der Waals surface area contributed by atoms with E-state index in [1.807, 2.05) is 36.1 Å². The Bertz CT molecular complexity index is 1230. The van der Waals surface area contributed by atoms with E-state index in [4.69, 9.17) is 14.0 Å². The van der Waals surface area contributed by atoms with E-state index in [2.05, 4.69) is 15.1 Å². The lowest BCUT2D eigenvalue weighted by Crippen LogP contribution is -2.44. The molecule has 1 fully saturated rings. The van der Waals surface area contributed by atoms with Crippen LogP contribution < -0.4 is 9.47 Å². The topological polar surface area (TPSA) is 111 Å². The predicted octanol–water partition coefficient (Wildman–Crippen LogP) is 2.90. The standard InChI is InChI=1S/C25H27N5O5/c1-3-34-21-13-26-19(12-20(21)33-2)23-27-24(35-28-23)16-8-10-29(11-9-16)22(31)15-30-14-17-6-4-5-7-18(17)25(30)32/h4-7,12-13,16H,3,8-11,14-15H2,1-2H3. The van der Waals surface area contributed by atoms with Crippen LogP contribution in [0.25, 0.3) is 11.5 Å². The lowest BCUT2D eigenvalue weighted by atomic mass is 9.96. The van der Waals surface area contributed by atoms with Gasteiger partial charge in [0, 0.05) is 37.2 Å². The van der Waals surface area contributed by atoms with Gasteiger partial charge in [-0.25, -0.2) is 4.98 Å². The summed E-state index contributed by atoms with van der Waals surface area (Å²) in [6.07, 6.45) is 3.00. The minimum Gasteiger partial charge on any atom is -0.493 e. The normalized spacial score (nSPS) is 15.9. The van der Waals surface area contributed by atoms with Crippen LogP contribution in [0, 0.1) is 0 Å². The maximum atomic E-state index is 12.9. The van der Waals surface area contributed by atoms with Gasteiger partial charge < -0.3 is 23.8 Å². The fourth-order valence-electron chi connectivity index (χ4n) is 4.56. The molecule has 3 aromatic rings.